The SMILES string of the molecule is CCOc1ccc(N(CC(=O)N(Cc2cccc(Br)c2)C(Cc2ccccc2)C(=O)NC(C)C)S(=O)(=O)c2ccc(Br)cc2)cc1. The number of rotatable bonds is 14. The largest absolute Gasteiger partial charge is 0.494 e. The van der Waals surface area contributed by atoms with Crippen molar-refractivity contribution in [3.63, 3.8) is 0 Å². The molecule has 2 amide bonds. The maximum absolute atomic E-state index is 14.5. The first-order valence-electron chi connectivity index (χ1n) is 14.9. The van der Waals surface area contributed by atoms with Gasteiger partial charge in [0.2, 0.25) is 11.8 Å². The van der Waals surface area contributed by atoms with Crippen molar-refractivity contribution in [2.45, 2.75) is 50.7 Å². The third kappa shape index (κ3) is 9.43. The molecule has 0 aromatic heterocycles. The van der Waals surface area contributed by atoms with Crippen molar-refractivity contribution < 1.29 is 22.7 Å². The van der Waals surface area contributed by atoms with Crippen LogP contribution in [0.2, 0.25) is 0 Å². The van der Waals surface area contributed by atoms with Crippen LogP contribution >= 0.6 is 31.9 Å². The Balaban J connectivity index is 1.80. The number of nitrogens with one attached hydrogen (secondary N) is 1. The van der Waals surface area contributed by atoms with E-state index < -0.39 is 28.5 Å². The van der Waals surface area contributed by atoms with Gasteiger partial charge >= 0.3 is 0 Å². The van der Waals surface area contributed by atoms with Gasteiger partial charge in [0.25, 0.3) is 10.0 Å². The maximum atomic E-state index is 14.5. The van der Waals surface area contributed by atoms with Gasteiger partial charge in [-0.2, -0.15) is 0 Å². The molecule has 46 heavy (non-hydrogen) atoms. The quantitative estimate of drug-likeness (QED) is 0.150. The molecule has 0 saturated carbocycles. The van der Waals surface area contributed by atoms with Gasteiger partial charge in [0, 0.05) is 28.0 Å². The molecule has 242 valence electrons. The number of anilines is 1. The third-order valence-corrected chi connectivity index (χ3v) is 9.87. The molecule has 1 atom stereocenters. The van der Waals surface area contributed by atoms with Crippen LogP contribution in [0, 0.1) is 0 Å². The second-order valence-corrected chi connectivity index (χ2v) is 14.6. The van der Waals surface area contributed by atoms with Crippen molar-refractivity contribution >= 4 is 59.4 Å². The first-order chi connectivity index (χ1) is 22.0. The summed E-state index contributed by atoms with van der Waals surface area (Å²) in [5.74, 6) is -0.289. The lowest BCUT2D eigenvalue weighted by molar-refractivity contribution is -0.140. The smallest absolute Gasteiger partial charge is 0.264 e. The van der Waals surface area contributed by atoms with E-state index in [9.17, 15) is 18.0 Å². The molecule has 0 aliphatic carbocycles. The van der Waals surface area contributed by atoms with Crippen LogP contribution in [0.25, 0.3) is 0 Å². The molecule has 0 aliphatic heterocycles. The first kappa shape index (κ1) is 35.2. The summed E-state index contributed by atoms with van der Waals surface area (Å²) in [6.07, 6.45) is 0.238. The van der Waals surface area contributed by atoms with E-state index in [0.717, 1.165) is 24.4 Å². The summed E-state index contributed by atoms with van der Waals surface area (Å²) in [6, 6.07) is 28.6. The van der Waals surface area contributed by atoms with Gasteiger partial charge in [-0.1, -0.05) is 74.3 Å². The van der Waals surface area contributed by atoms with Gasteiger partial charge in [-0.25, -0.2) is 8.42 Å². The van der Waals surface area contributed by atoms with Gasteiger partial charge in [-0.15, -0.1) is 0 Å². The van der Waals surface area contributed by atoms with Crippen LogP contribution in [-0.2, 0) is 32.6 Å². The summed E-state index contributed by atoms with van der Waals surface area (Å²) < 4.78 is 36.5. The van der Waals surface area contributed by atoms with Gasteiger partial charge in [0.1, 0.15) is 18.3 Å². The number of benzene rings is 4. The molecule has 1 unspecified atom stereocenters. The van der Waals surface area contributed by atoms with Crippen LogP contribution in [0.15, 0.2) is 117 Å². The molecule has 1 N–H and O–H groups in total. The van der Waals surface area contributed by atoms with Gasteiger partial charge in [-0.3, -0.25) is 13.9 Å². The van der Waals surface area contributed by atoms with Crippen molar-refractivity contribution in [1.82, 2.24) is 10.2 Å². The predicted molar refractivity (Wildman–Crippen MR) is 188 cm³/mol. The van der Waals surface area contributed by atoms with E-state index in [4.69, 9.17) is 4.74 Å². The lowest BCUT2D eigenvalue weighted by Gasteiger charge is -2.34. The van der Waals surface area contributed by atoms with E-state index in [0.29, 0.717) is 12.4 Å². The van der Waals surface area contributed by atoms with Crippen LogP contribution < -0.4 is 14.4 Å². The number of halogens is 2. The zero-order chi connectivity index (χ0) is 33.3. The summed E-state index contributed by atoms with van der Waals surface area (Å²) in [5.41, 5.74) is 1.93. The van der Waals surface area contributed by atoms with E-state index in [1.165, 1.54) is 17.0 Å². The fourth-order valence-electron chi connectivity index (χ4n) is 4.90. The number of carbonyl (C=O) groups is 2. The van der Waals surface area contributed by atoms with Crippen LogP contribution in [0.4, 0.5) is 5.69 Å². The fraction of sp³-hybridized carbons (Fsp3) is 0.257. The van der Waals surface area contributed by atoms with Crippen molar-refractivity contribution in [1.29, 1.82) is 0 Å². The Kier molecular flexibility index (Phi) is 12.4. The van der Waals surface area contributed by atoms with Gasteiger partial charge in [-0.05, 0) is 92.6 Å². The molecular formula is C35H37Br2N3O5S. The fourth-order valence-corrected chi connectivity index (χ4v) is 7.03. The van der Waals surface area contributed by atoms with Crippen LogP contribution in [0.1, 0.15) is 31.9 Å². The van der Waals surface area contributed by atoms with Gasteiger partial charge in [0.05, 0.1) is 17.2 Å². The average molecular weight is 772 g/mol. The minimum atomic E-state index is -4.21. The predicted octanol–water partition coefficient (Wildman–Crippen LogP) is 6.97. The molecule has 0 radical (unpaired) electrons. The van der Waals surface area contributed by atoms with E-state index in [2.05, 4.69) is 37.2 Å². The summed E-state index contributed by atoms with van der Waals surface area (Å²) >= 11 is 6.86. The molecule has 11 heteroatoms. The Bertz CT molecular complexity index is 1720. The number of amides is 2. The minimum absolute atomic E-state index is 0.0225. The molecule has 0 heterocycles. The van der Waals surface area contributed by atoms with Gasteiger partial charge in [0.15, 0.2) is 0 Å². The summed E-state index contributed by atoms with van der Waals surface area (Å²) in [6.45, 7) is 5.56. The van der Waals surface area contributed by atoms with Crippen LogP contribution in [0.3, 0.4) is 0 Å². The normalized spacial score (nSPS) is 12.0. The minimum Gasteiger partial charge on any atom is -0.494 e. The molecule has 4 aromatic carbocycles. The molecule has 4 rings (SSSR count). The number of hydrogen-bond donors (Lipinski definition) is 1. The van der Waals surface area contributed by atoms with Crippen LogP contribution in [-0.4, -0.2) is 50.4 Å². The molecule has 0 aliphatic rings. The van der Waals surface area contributed by atoms with E-state index in [1.807, 2.05) is 75.4 Å². The number of carbonyl (C=O) groups excluding carboxylic acids is 2. The molecule has 8 nitrogen and oxygen atoms in total. The standard InChI is InChI=1S/C35H37Br2N3O5S/c1-4-45-31-17-15-30(16-18-31)40(46(43,44)32-19-13-28(36)14-20-32)24-34(41)39(23-27-11-8-12-29(37)21-27)33(35(42)38-25(2)3)22-26-9-6-5-7-10-26/h5-21,25,33H,4,22-24H2,1-3H3,(H,38,42). The number of nitrogens with zero attached hydrogens (tertiary/aromatic N) is 2. The lowest BCUT2D eigenvalue weighted by atomic mass is 10.0. The molecular weight excluding hydrogens is 734 g/mol. The zero-order valence-corrected chi connectivity index (χ0v) is 29.9. The van der Waals surface area contributed by atoms with E-state index in [-0.39, 0.29) is 35.5 Å². The van der Waals surface area contributed by atoms with Crippen molar-refractivity contribution in [3.8, 4) is 5.75 Å². The Morgan fingerprint density at radius 2 is 1.48 bits per heavy atom. The molecule has 0 fully saturated rings. The number of hydrogen-bond acceptors (Lipinski definition) is 5. The monoisotopic (exact) mass is 769 g/mol. The van der Waals surface area contributed by atoms with Crippen LogP contribution in [0.5, 0.6) is 5.75 Å². The molecule has 4 aromatic rings. The Hall–Kier alpha value is -3.67. The summed E-state index contributed by atoms with van der Waals surface area (Å²) in [7, 11) is -4.21. The average Bonchev–Trinajstić information content (AvgIpc) is 3.02. The Morgan fingerprint density at radius 1 is 0.826 bits per heavy atom. The lowest BCUT2D eigenvalue weighted by Crippen LogP contribution is -2.54. The second-order valence-electron chi connectivity index (χ2n) is 10.9. The Morgan fingerprint density at radius 3 is 2.09 bits per heavy atom. The van der Waals surface area contributed by atoms with Gasteiger partial charge < -0.3 is 15.0 Å². The second kappa shape index (κ2) is 16.2. The maximum Gasteiger partial charge on any atom is 0.264 e. The highest BCUT2D eigenvalue weighted by Gasteiger charge is 2.35. The van der Waals surface area contributed by atoms with Crippen molar-refractivity contribution in [2.75, 3.05) is 17.5 Å². The number of ether oxygens (including phenoxy) is 1. The Labute approximate surface area is 288 Å². The molecule has 0 bridgehead atoms. The highest BCUT2D eigenvalue weighted by atomic mass is 79.9. The van der Waals surface area contributed by atoms with E-state index in [1.54, 1.807) is 36.4 Å². The molecule has 0 saturated heterocycles. The molecule has 0 spiro atoms. The number of sulfonamides is 1. The summed E-state index contributed by atoms with van der Waals surface area (Å²) in [4.78, 5) is 29.8. The van der Waals surface area contributed by atoms with Crippen molar-refractivity contribution in [3.05, 3.63) is 123 Å². The topological polar surface area (TPSA) is 96.0 Å². The highest BCUT2D eigenvalue weighted by molar-refractivity contribution is 9.10. The van der Waals surface area contributed by atoms with E-state index >= 15 is 0 Å². The highest BCUT2D eigenvalue weighted by Crippen LogP contribution is 2.28. The van der Waals surface area contributed by atoms with Crippen molar-refractivity contribution in [2.24, 2.45) is 0 Å². The zero-order valence-electron chi connectivity index (χ0n) is 25.9. The summed E-state index contributed by atoms with van der Waals surface area (Å²) in [5, 5.41) is 2.97. The first-order valence-corrected chi connectivity index (χ1v) is 17.9. The third-order valence-electron chi connectivity index (χ3n) is 7.06.